The lowest BCUT2D eigenvalue weighted by molar-refractivity contribution is -0.156. The second-order valence-electron chi connectivity index (χ2n) is 13.5. The molecule has 5 aromatic rings. The number of ether oxygens (including phenoxy) is 3. The van der Waals surface area contributed by atoms with E-state index < -0.39 is 41.5 Å². The third kappa shape index (κ3) is 8.61. The third-order valence-corrected chi connectivity index (χ3v) is 9.97. The van der Waals surface area contributed by atoms with Crippen LogP contribution in [0.3, 0.4) is 0 Å². The Morgan fingerprint density at radius 1 is 0.945 bits per heavy atom. The van der Waals surface area contributed by atoms with Crippen LogP contribution in [0.5, 0.6) is 5.75 Å². The van der Waals surface area contributed by atoms with Gasteiger partial charge < -0.3 is 29.7 Å². The highest BCUT2D eigenvalue weighted by atomic mass is 19.1. The maximum Gasteiger partial charge on any atom is 0.312 e. The number of carbonyl (C=O) groups excluding carboxylic acids is 1. The van der Waals surface area contributed by atoms with Crippen molar-refractivity contribution in [2.45, 2.75) is 81.3 Å². The van der Waals surface area contributed by atoms with Gasteiger partial charge in [-0.3, -0.25) is 14.2 Å². The van der Waals surface area contributed by atoms with Gasteiger partial charge in [-0.15, -0.1) is 6.42 Å². The van der Waals surface area contributed by atoms with Gasteiger partial charge in [-0.2, -0.15) is 14.4 Å². The van der Waals surface area contributed by atoms with E-state index in [0.717, 1.165) is 42.4 Å². The van der Waals surface area contributed by atoms with Gasteiger partial charge in [0.05, 0.1) is 13.4 Å². The number of aliphatic hydroxyl groups excluding tert-OH is 1. The van der Waals surface area contributed by atoms with Crippen LogP contribution in [-0.4, -0.2) is 67.1 Å². The first kappa shape index (κ1) is 38.9. The summed E-state index contributed by atoms with van der Waals surface area (Å²) >= 11 is 0. The van der Waals surface area contributed by atoms with Crippen LogP contribution in [0.15, 0.2) is 91.3 Å². The second-order valence-corrected chi connectivity index (χ2v) is 13.5. The molecule has 13 heteroatoms. The maximum absolute atomic E-state index is 15.5. The van der Waals surface area contributed by atoms with Crippen LogP contribution in [0.25, 0.3) is 11.2 Å². The van der Waals surface area contributed by atoms with Crippen molar-refractivity contribution < 1.29 is 38.4 Å². The van der Waals surface area contributed by atoms with E-state index in [1.54, 1.807) is 7.11 Å². The Hall–Kier alpha value is -5.84. The van der Waals surface area contributed by atoms with Gasteiger partial charge in [0.1, 0.15) is 30.2 Å². The molecule has 3 N–H and O–H groups in total. The molecule has 0 radical (unpaired) electrons. The number of nitrogens with zero attached hydrogens (tertiary/aromatic N) is 4. The zero-order chi connectivity index (χ0) is 38.8. The summed E-state index contributed by atoms with van der Waals surface area (Å²) in [5.41, 5.74) is 0.124. The van der Waals surface area contributed by atoms with Crippen molar-refractivity contribution in [3.05, 3.63) is 114 Å². The molecule has 286 valence electrons. The van der Waals surface area contributed by atoms with E-state index in [4.69, 9.17) is 25.7 Å². The molecule has 12 nitrogen and oxygen atoms in total. The number of nitrogens with one attached hydrogen (secondary N) is 1. The monoisotopic (exact) mass is 749 g/mol. The fourth-order valence-corrected chi connectivity index (χ4v) is 7.04. The van der Waals surface area contributed by atoms with Crippen molar-refractivity contribution in [2.24, 2.45) is 0 Å². The number of fused-ring (bicyclic) bond motifs is 1. The van der Waals surface area contributed by atoms with Gasteiger partial charge in [0.25, 0.3) is 0 Å². The number of benzene rings is 3. The van der Waals surface area contributed by atoms with Crippen molar-refractivity contribution >= 4 is 28.9 Å². The van der Waals surface area contributed by atoms with Gasteiger partial charge in [-0.05, 0) is 41.7 Å². The minimum atomic E-state index is -1.65. The number of methoxy groups -OCH3 is 1. The Kier molecular flexibility index (Phi) is 12.4. The Morgan fingerprint density at radius 3 is 2.15 bits per heavy atom. The maximum atomic E-state index is 15.5. The lowest BCUT2D eigenvalue weighted by atomic mass is 9.77. The highest BCUT2D eigenvalue weighted by molar-refractivity contribution is 5.84. The number of aromatic nitrogens is 4. The fourth-order valence-electron chi connectivity index (χ4n) is 7.04. The number of unbranched alkanes of at least 4 members (excludes halogenated alkanes) is 5. The smallest absolute Gasteiger partial charge is 0.312 e. The number of carboxylic acid groups (broad SMARTS) is 1. The predicted molar refractivity (Wildman–Crippen MR) is 203 cm³/mol. The minimum Gasteiger partial charge on any atom is -0.497 e. The van der Waals surface area contributed by atoms with E-state index in [0.29, 0.717) is 18.6 Å². The lowest BCUT2D eigenvalue weighted by Gasteiger charge is -2.37. The quantitative estimate of drug-likeness (QED) is 0.0285. The molecule has 2 aromatic heterocycles. The summed E-state index contributed by atoms with van der Waals surface area (Å²) in [6, 6.07) is 27.0. The van der Waals surface area contributed by atoms with Crippen LogP contribution in [0, 0.1) is 18.4 Å². The topological polar surface area (TPSA) is 158 Å². The summed E-state index contributed by atoms with van der Waals surface area (Å²) in [5, 5.41) is 23.5. The molecule has 6 rings (SSSR count). The van der Waals surface area contributed by atoms with Crippen LogP contribution >= 0.6 is 0 Å². The molecule has 1 saturated heterocycles. The van der Waals surface area contributed by atoms with E-state index in [-0.39, 0.29) is 42.9 Å². The summed E-state index contributed by atoms with van der Waals surface area (Å²) in [6.45, 7) is -0.378. The van der Waals surface area contributed by atoms with Gasteiger partial charge >= 0.3 is 18.0 Å². The molecule has 0 aliphatic carbocycles. The molecule has 0 bridgehead atoms. The number of carboxylic acids is 1. The number of halogens is 1. The molecule has 3 aromatic carbocycles. The molecule has 1 fully saturated rings. The Bertz CT molecular complexity index is 2070. The van der Waals surface area contributed by atoms with E-state index in [9.17, 15) is 14.7 Å². The molecule has 1 aliphatic heterocycles. The summed E-state index contributed by atoms with van der Waals surface area (Å²) < 4.78 is 34.2. The van der Waals surface area contributed by atoms with Crippen molar-refractivity contribution in [2.75, 3.05) is 19.0 Å². The molecule has 1 aliphatic rings. The largest absolute Gasteiger partial charge is 0.497 e. The lowest BCUT2D eigenvalue weighted by Crippen LogP contribution is -2.43. The van der Waals surface area contributed by atoms with Crippen LogP contribution in [0.4, 0.5) is 10.2 Å². The van der Waals surface area contributed by atoms with Gasteiger partial charge in [0.15, 0.2) is 22.6 Å². The molecular formula is C42H44FN5O7. The first-order valence-corrected chi connectivity index (χ1v) is 18.3. The number of terminal acetylenes is 1. The zero-order valence-corrected chi connectivity index (χ0v) is 30.6. The van der Waals surface area contributed by atoms with Gasteiger partial charge in [0.2, 0.25) is 0 Å². The van der Waals surface area contributed by atoms with Crippen LogP contribution in [0.1, 0.15) is 80.7 Å². The number of anilines is 1. The standard InChI is InChI=1S/C42H44FN5O7/c1-3-41(27-54-36(52)21-15-7-5-4-6-14-20-35(50)51)33(49)26-34(55-41)48-28-44-37-38(45-40(43)46-39(37)48)47-42(29-16-10-8-11-17-29,30-18-12-9-13-19-30)31-22-24-32(53-2)25-23-31/h1,8-13,16-19,22-25,28,33-34,49H,4-7,14-15,20-21,26-27H2,2H3,(H,50,51)(H,45,46,47)/t33-,34+,41+/m0/s1. The Balaban J connectivity index is 1.23. The number of rotatable bonds is 18. The number of aliphatic carboxylic acids is 1. The normalized spacial score (nSPS) is 18.1. The Labute approximate surface area is 318 Å². The fraction of sp³-hybridized carbons (Fsp3) is 0.357. The number of carbonyl (C=O) groups is 2. The predicted octanol–water partition coefficient (Wildman–Crippen LogP) is 6.78. The highest BCUT2D eigenvalue weighted by Gasteiger charge is 2.49. The van der Waals surface area contributed by atoms with Gasteiger partial charge in [-0.25, -0.2) is 4.98 Å². The summed E-state index contributed by atoms with van der Waals surface area (Å²) in [7, 11) is 1.60. The van der Waals surface area contributed by atoms with E-state index in [2.05, 4.69) is 26.2 Å². The number of hydrogen-bond donors (Lipinski definition) is 3. The molecule has 0 saturated carbocycles. The van der Waals surface area contributed by atoms with Crippen molar-refractivity contribution in [1.82, 2.24) is 19.5 Å². The molecule has 3 heterocycles. The van der Waals surface area contributed by atoms with Crippen LogP contribution in [0.2, 0.25) is 0 Å². The molecule has 0 spiro atoms. The molecule has 3 atom stereocenters. The van der Waals surface area contributed by atoms with Crippen molar-refractivity contribution in [3.63, 3.8) is 0 Å². The van der Waals surface area contributed by atoms with Gasteiger partial charge in [-0.1, -0.05) is 104 Å². The molecule has 0 amide bonds. The first-order chi connectivity index (χ1) is 26.7. The molecule has 0 unspecified atom stereocenters. The minimum absolute atomic E-state index is 0.00666. The van der Waals surface area contributed by atoms with Crippen LogP contribution in [-0.2, 0) is 24.6 Å². The molecular weight excluding hydrogens is 705 g/mol. The van der Waals surface area contributed by atoms with E-state index in [1.807, 2.05) is 84.9 Å². The highest BCUT2D eigenvalue weighted by Crippen LogP contribution is 2.43. The van der Waals surface area contributed by atoms with Gasteiger partial charge in [0, 0.05) is 19.3 Å². The van der Waals surface area contributed by atoms with Crippen LogP contribution < -0.4 is 10.1 Å². The third-order valence-electron chi connectivity index (χ3n) is 9.97. The number of aliphatic hydroxyl groups is 1. The van der Waals surface area contributed by atoms with E-state index in [1.165, 1.54) is 10.9 Å². The number of imidazole rings is 1. The Morgan fingerprint density at radius 2 is 1.55 bits per heavy atom. The number of esters is 1. The average Bonchev–Trinajstić information content (AvgIpc) is 3.78. The van der Waals surface area contributed by atoms with Crippen molar-refractivity contribution in [3.8, 4) is 18.1 Å². The zero-order valence-electron chi connectivity index (χ0n) is 30.6. The van der Waals surface area contributed by atoms with Crippen molar-refractivity contribution in [1.29, 1.82) is 0 Å². The summed E-state index contributed by atoms with van der Waals surface area (Å²) in [6.07, 6.45) is 9.10. The molecule has 55 heavy (non-hydrogen) atoms. The number of hydrogen-bond acceptors (Lipinski definition) is 10. The SMILES string of the molecule is C#C[C@]1(COC(=O)CCCCCCCCC(=O)O)O[C@@H](n2cnc3c(NC(c4ccccc4)(c4ccccc4)c4ccc(OC)cc4)nc(F)nc32)C[C@@H]1O. The summed E-state index contributed by atoms with van der Waals surface area (Å²) in [5.74, 6) is 2.00. The van der Waals surface area contributed by atoms with E-state index >= 15 is 4.39 Å². The second kappa shape index (κ2) is 17.5. The first-order valence-electron chi connectivity index (χ1n) is 18.3. The summed E-state index contributed by atoms with van der Waals surface area (Å²) in [4.78, 5) is 36.2. The average molecular weight is 750 g/mol.